The SMILES string of the molecule is COc1ccc(COc2ccc(Br)c(CBr)c2)cc1. The van der Waals surface area contributed by atoms with Gasteiger partial charge in [0.25, 0.3) is 0 Å². The molecule has 19 heavy (non-hydrogen) atoms. The van der Waals surface area contributed by atoms with Crippen LogP contribution in [0, 0.1) is 0 Å². The van der Waals surface area contributed by atoms with Crippen molar-refractivity contribution in [2.45, 2.75) is 11.9 Å². The summed E-state index contributed by atoms with van der Waals surface area (Å²) in [5, 5.41) is 0.799. The Kier molecular flexibility index (Phi) is 5.28. The summed E-state index contributed by atoms with van der Waals surface area (Å²) in [6.07, 6.45) is 0. The highest BCUT2D eigenvalue weighted by Crippen LogP contribution is 2.25. The molecule has 0 saturated heterocycles. The molecule has 2 aromatic carbocycles. The zero-order valence-electron chi connectivity index (χ0n) is 10.5. The lowest BCUT2D eigenvalue weighted by molar-refractivity contribution is 0.305. The zero-order chi connectivity index (χ0) is 13.7. The summed E-state index contributed by atoms with van der Waals surface area (Å²) < 4.78 is 12.0. The first kappa shape index (κ1) is 14.4. The molecule has 2 nitrogen and oxygen atoms in total. The predicted octanol–water partition coefficient (Wildman–Crippen LogP) is 4.93. The van der Waals surface area contributed by atoms with E-state index in [2.05, 4.69) is 31.9 Å². The molecular formula is C15H14Br2O2. The van der Waals surface area contributed by atoms with Crippen LogP contribution >= 0.6 is 31.9 Å². The van der Waals surface area contributed by atoms with Crippen molar-refractivity contribution in [2.24, 2.45) is 0 Å². The Bertz CT molecular complexity index is 538. The molecule has 4 heteroatoms. The minimum Gasteiger partial charge on any atom is -0.497 e. The number of ether oxygens (including phenoxy) is 2. The summed E-state index contributed by atoms with van der Waals surface area (Å²) in [5.41, 5.74) is 2.29. The molecule has 0 bridgehead atoms. The van der Waals surface area contributed by atoms with E-state index in [9.17, 15) is 0 Å². The fourth-order valence-corrected chi connectivity index (χ4v) is 2.86. The number of hydrogen-bond donors (Lipinski definition) is 0. The van der Waals surface area contributed by atoms with Crippen molar-refractivity contribution in [1.29, 1.82) is 0 Å². The summed E-state index contributed by atoms with van der Waals surface area (Å²) >= 11 is 6.96. The van der Waals surface area contributed by atoms with Gasteiger partial charge in [0.1, 0.15) is 18.1 Å². The fraction of sp³-hybridized carbons (Fsp3) is 0.200. The van der Waals surface area contributed by atoms with Crippen LogP contribution in [0.4, 0.5) is 0 Å². The van der Waals surface area contributed by atoms with Crippen LogP contribution in [0.2, 0.25) is 0 Å². The van der Waals surface area contributed by atoms with E-state index in [0.29, 0.717) is 6.61 Å². The van der Waals surface area contributed by atoms with E-state index in [1.807, 2.05) is 42.5 Å². The van der Waals surface area contributed by atoms with Gasteiger partial charge in [-0.05, 0) is 41.5 Å². The van der Waals surface area contributed by atoms with Crippen LogP contribution in [0.25, 0.3) is 0 Å². The van der Waals surface area contributed by atoms with Crippen molar-refractivity contribution in [3.05, 3.63) is 58.1 Å². The Hall–Kier alpha value is -1.000. The van der Waals surface area contributed by atoms with Gasteiger partial charge in [0.15, 0.2) is 0 Å². The molecule has 0 saturated carbocycles. The Balaban J connectivity index is 2.01. The quantitative estimate of drug-likeness (QED) is 0.679. The molecule has 0 aromatic heterocycles. The smallest absolute Gasteiger partial charge is 0.120 e. The number of hydrogen-bond acceptors (Lipinski definition) is 2. The van der Waals surface area contributed by atoms with Gasteiger partial charge in [0.05, 0.1) is 7.11 Å². The van der Waals surface area contributed by atoms with Crippen LogP contribution in [0.1, 0.15) is 11.1 Å². The van der Waals surface area contributed by atoms with Crippen LogP contribution in [0.15, 0.2) is 46.9 Å². The van der Waals surface area contributed by atoms with Gasteiger partial charge < -0.3 is 9.47 Å². The maximum absolute atomic E-state index is 5.78. The molecule has 0 atom stereocenters. The van der Waals surface area contributed by atoms with E-state index < -0.39 is 0 Å². The zero-order valence-corrected chi connectivity index (χ0v) is 13.7. The lowest BCUT2D eigenvalue weighted by Gasteiger charge is -2.09. The third kappa shape index (κ3) is 3.98. The average Bonchev–Trinajstić information content (AvgIpc) is 2.47. The predicted molar refractivity (Wildman–Crippen MR) is 84.1 cm³/mol. The van der Waals surface area contributed by atoms with Gasteiger partial charge in [-0.15, -0.1) is 0 Å². The molecule has 100 valence electrons. The number of benzene rings is 2. The standard InChI is InChI=1S/C15H14Br2O2/c1-18-13-4-2-11(3-5-13)10-19-14-6-7-15(17)12(8-14)9-16/h2-8H,9-10H2,1H3. The highest BCUT2D eigenvalue weighted by atomic mass is 79.9. The third-order valence-electron chi connectivity index (χ3n) is 2.73. The van der Waals surface area contributed by atoms with Crippen LogP contribution in [0.3, 0.4) is 0 Å². The molecule has 0 unspecified atom stereocenters. The van der Waals surface area contributed by atoms with Gasteiger partial charge in [0.2, 0.25) is 0 Å². The first-order valence-electron chi connectivity index (χ1n) is 5.83. The topological polar surface area (TPSA) is 18.5 Å². The van der Waals surface area contributed by atoms with Crippen molar-refractivity contribution < 1.29 is 9.47 Å². The Morgan fingerprint density at radius 1 is 1.00 bits per heavy atom. The van der Waals surface area contributed by atoms with Gasteiger partial charge in [0, 0.05) is 9.80 Å². The summed E-state index contributed by atoms with van der Waals surface area (Å²) in [6, 6.07) is 13.9. The van der Waals surface area contributed by atoms with E-state index >= 15 is 0 Å². The van der Waals surface area contributed by atoms with Gasteiger partial charge in [-0.2, -0.15) is 0 Å². The second-order valence-electron chi connectivity index (χ2n) is 4.02. The monoisotopic (exact) mass is 384 g/mol. The molecule has 0 radical (unpaired) electrons. The summed E-state index contributed by atoms with van der Waals surface area (Å²) in [6.45, 7) is 0.549. The third-order valence-corrected chi connectivity index (χ3v) is 4.10. The van der Waals surface area contributed by atoms with E-state index in [0.717, 1.165) is 26.9 Å². The summed E-state index contributed by atoms with van der Waals surface area (Å²) in [4.78, 5) is 0. The normalized spacial score (nSPS) is 10.3. The minimum absolute atomic E-state index is 0.549. The summed E-state index contributed by atoms with van der Waals surface area (Å²) in [7, 11) is 1.66. The van der Waals surface area contributed by atoms with Crippen molar-refractivity contribution in [3.63, 3.8) is 0 Å². The number of alkyl halides is 1. The van der Waals surface area contributed by atoms with E-state index in [1.165, 1.54) is 5.56 Å². The Morgan fingerprint density at radius 2 is 1.68 bits per heavy atom. The second-order valence-corrected chi connectivity index (χ2v) is 5.44. The largest absolute Gasteiger partial charge is 0.497 e. The molecule has 0 aliphatic rings. The Labute approximate surface area is 130 Å². The molecule has 0 aliphatic carbocycles. The van der Waals surface area contributed by atoms with Gasteiger partial charge in [-0.3, -0.25) is 0 Å². The molecule has 0 amide bonds. The average molecular weight is 386 g/mol. The van der Waals surface area contributed by atoms with Gasteiger partial charge in [-0.25, -0.2) is 0 Å². The number of halogens is 2. The highest BCUT2D eigenvalue weighted by Gasteiger charge is 2.02. The van der Waals surface area contributed by atoms with Crippen molar-refractivity contribution in [2.75, 3.05) is 7.11 Å². The number of methoxy groups -OCH3 is 1. The first-order chi connectivity index (χ1) is 9.22. The van der Waals surface area contributed by atoms with Gasteiger partial charge in [-0.1, -0.05) is 44.0 Å². The molecule has 0 N–H and O–H groups in total. The fourth-order valence-electron chi connectivity index (χ4n) is 1.63. The molecular weight excluding hydrogens is 372 g/mol. The van der Waals surface area contributed by atoms with Gasteiger partial charge >= 0.3 is 0 Å². The van der Waals surface area contributed by atoms with E-state index in [-0.39, 0.29) is 0 Å². The maximum atomic E-state index is 5.78. The lowest BCUT2D eigenvalue weighted by atomic mass is 10.2. The van der Waals surface area contributed by atoms with Crippen molar-refractivity contribution in [1.82, 2.24) is 0 Å². The van der Waals surface area contributed by atoms with Crippen molar-refractivity contribution >= 4 is 31.9 Å². The molecule has 0 spiro atoms. The number of rotatable bonds is 5. The minimum atomic E-state index is 0.549. The van der Waals surface area contributed by atoms with E-state index in [4.69, 9.17) is 9.47 Å². The molecule has 2 rings (SSSR count). The lowest BCUT2D eigenvalue weighted by Crippen LogP contribution is -1.96. The molecule has 2 aromatic rings. The molecule has 0 fully saturated rings. The van der Waals surface area contributed by atoms with Crippen molar-refractivity contribution in [3.8, 4) is 11.5 Å². The van der Waals surface area contributed by atoms with Crippen LogP contribution in [0.5, 0.6) is 11.5 Å². The highest BCUT2D eigenvalue weighted by molar-refractivity contribution is 9.10. The van der Waals surface area contributed by atoms with E-state index in [1.54, 1.807) is 7.11 Å². The Morgan fingerprint density at radius 3 is 2.32 bits per heavy atom. The maximum Gasteiger partial charge on any atom is 0.120 e. The molecule has 0 heterocycles. The summed E-state index contributed by atoms with van der Waals surface area (Å²) in [5.74, 6) is 1.72. The first-order valence-corrected chi connectivity index (χ1v) is 7.74. The van der Waals surface area contributed by atoms with Crippen LogP contribution in [-0.2, 0) is 11.9 Å². The second kappa shape index (κ2) is 6.96. The molecule has 0 aliphatic heterocycles. The van der Waals surface area contributed by atoms with Crippen LogP contribution < -0.4 is 9.47 Å². The van der Waals surface area contributed by atoms with Crippen LogP contribution in [-0.4, -0.2) is 7.11 Å².